The molecule has 2 aromatic carbocycles. The number of benzene rings is 2. The largest absolute Gasteiger partial charge is 0.376 e. The van der Waals surface area contributed by atoms with Crippen LogP contribution in [0.5, 0.6) is 0 Å². The van der Waals surface area contributed by atoms with Crippen molar-refractivity contribution < 1.29 is 30.8 Å². The van der Waals surface area contributed by atoms with E-state index in [2.05, 4.69) is 4.98 Å². The van der Waals surface area contributed by atoms with E-state index in [1.807, 2.05) is 0 Å². The fourth-order valence-corrected chi connectivity index (χ4v) is 6.89. The van der Waals surface area contributed by atoms with Crippen molar-refractivity contribution in [1.82, 2.24) is 4.98 Å². The number of anilines is 1. The number of carbonyl (C=O) groups is 1. The minimum Gasteiger partial charge on any atom is -0.376 e. The van der Waals surface area contributed by atoms with Crippen LogP contribution in [0.2, 0.25) is 0 Å². The number of sulfone groups is 2. The number of amides is 1. The van der Waals surface area contributed by atoms with Gasteiger partial charge in [0.15, 0.2) is 24.8 Å². The van der Waals surface area contributed by atoms with Gasteiger partial charge in [0.1, 0.15) is 5.82 Å². The lowest BCUT2D eigenvalue weighted by molar-refractivity contribution is -0.119. The molecule has 0 N–H and O–H groups in total. The van der Waals surface area contributed by atoms with Gasteiger partial charge in [-0.15, -0.1) is 0 Å². The molecule has 12 heteroatoms. The van der Waals surface area contributed by atoms with Crippen molar-refractivity contribution in [3.63, 3.8) is 0 Å². The van der Waals surface area contributed by atoms with Crippen LogP contribution in [0.1, 0.15) is 25.7 Å². The molecule has 1 fully saturated rings. The van der Waals surface area contributed by atoms with E-state index in [0.29, 0.717) is 22.0 Å². The van der Waals surface area contributed by atoms with Crippen LogP contribution in [0.4, 0.5) is 9.52 Å². The molecule has 0 saturated carbocycles. The van der Waals surface area contributed by atoms with Crippen molar-refractivity contribution in [2.45, 2.75) is 41.6 Å². The summed E-state index contributed by atoms with van der Waals surface area (Å²) >= 11 is 1.20. The molecule has 1 aliphatic heterocycles. The molecule has 1 unspecified atom stereocenters. The number of hydrogen-bond donors (Lipinski definition) is 0. The van der Waals surface area contributed by atoms with Crippen molar-refractivity contribution in [1.29, 1.82) is 0 Å². The molecule has 4 rings (SSSR count). The van der Waals surface area contributed by atoms with Crippen LogP contribution < -0.4 is 4.90 Å². The average molecular weight is 541 g/mol. The van der Waals surface area contributed by atoms with E-state index in [1.54, 1.807) is 6.07 Å². The summed E-state index contributed by atoms with van der Waals surface area (Å²) in [6.07, 6.45) is 2.72. The summed E-state index contributed by atoms with van der Waals surface area (Å²) < 4.78 is 68.4. The highest BCUT2D eigenvalue weighted by Gasteiger charge is 2.27. The van der Waals surface area contributed by atoms with Gasteiger partial charge in [-0.05, 0) is 61.7 Å². The Labute approximate surface area is 207 Å². The van der Waals surface area contributed by atoms with Gasteiger partial charge in [-0.2, -0.15) is 0 Å². The fourth-order valence-electron chi connectivity index (χ4n) is 3.83. The summed E-state index contributed by atoms with van der Waals surface area (Å²) in [4.78, 5) is 19.4. The third kappa shape index (κ3) is 6.24. The molecule has 8 nitrogen and oxygen atoms in total. The second-order valence-corrected chi connectivity index (χ2v) is 13.5. The molecule has 1 atom stereocenters. The van der Waals surface area contributed by atoms with Crippen LogP contribution in [0.3, 0.4) is 0 Å². The predicted octanol–water partition coefficient (Wildman–Crippen LogP) is 3.61. The SMILES string of the molecule is CS(=O)(=O)c1ccc2nc(N(CC3CCCO3)C(=O)CCCS(=O)(=O)c3ccc(F)cc3)sc2c1. The number of hydrogen-bond acceptors (Lipinski definition) is 8. The highest BCUT2D eigenvalue weighted by molar-refractivity contribution is 7.91. The summed E-state index contributed by atoms with van der Waals surface area (Å²) in [5, 5.41) is 0.410. The Bertz CT molecular complexity index is 1430. The van der Waals surface area contributed by atoms with Crippen molar-refractivity contribution in [2.24, 2.45) is 0 Å². The number of ether oxygens (including phenoxy) is 1. The van der Waals surface area contributed by atoms with Crippen LogP contribution in [0.15, 0.2) is 52.3 Å². The zero-order valence-electron chi connectivity index (χ0n) is 19.0. The first-order valence-corrected chi connectivity index (χ1v) is 15.4. The van der Waals surface area contributed by atoms with E-state index in [9.17, 15) is 26.0 Å². The molecular weight excluding hydrogens is 515 g/mol. The van der Waals surface area contributed by atoms with Crippen LogP contribution in [-0.4, -0.2) is 59.0 Å². The number of carbonyl (C=O) groups excluding carboxylic acids is 1. The van der Waals surface area contributed by atoms with Gasteiger partial charge >= 0.3 is 0 Å². The highest BCUT2D eigenvalue weighted by atomic mass is 32.2. The van der Waals surface area contributed by atoms with Crippen molar-refractivity contribution in [3.05, 3.63) is 48.3 Å². The standard InChI is InChI=1S/C23H25FN2O6S3/c1-34(28,29)19-10-11-20-21(14-19)33-23(25-20)26(15-17-4-2-12-32-17)22(27)5-3-13-35(30,31)18-8-6-16(24)7-9-18/h6-11,14,17H,2-5,12-13,15H2,1H3. The van der Waals surface area contributed by atoms with Gasteiger partial charge in [-0.1, -0.05) is 11.3 Å². The van der Waals surface area contributed by atoms with E-state index in [1.165, 1.54) is 40.5 Å². The number of halogens is 1. The van der Waals surface area contributed by atoms with Gasteiger partial charge in [-0.25, -0.2) is 26.2 Å². The fraction of sp³-hybridized carbons (Fsp3) is 0.391. The van der Waals surface area contributed by atoms with E-state index in [-0.39, 0.29) is 46.9 Å². The van der Waals surface area contributed by atoms with Gasteiger partial charge in [0.05, 0.1) is 38.4 Å². The maximum atomic E-state index is 13.2. The third-order valence-corrected chi connectivity index (χ3v) is 9.66. The molecule has 1 amide bonds. The molecule has 1 aliphatic rings. The van der Waals surface area contributed by atoms with E-state index in [0.717, 1.165) is 31.2 Å². The molecule has 35 heavy (non-hydrogen) atoms. The van der Waals surface area contributed by atoms with Crippen molar-refractivity contribution >= 4 is 52.3 Å². The van der Waals surface area contributed by atoms with E-state index < -0.39 is 25.5 Å². The number of fused-ring (bicyclic) bond motifs is 1. The topological polar surface area (TPSA) is 111 Å². The molecule has 1 saturated heterocycles. The quantitative estimate of drug-likeness (QED) is 0.381. The number of rotatable bonds is 9. The first-order valence-electron chi connectivity index (χ1n) is 11.0. The van der Waals surface area contributed by atoms with E-state index >= 15 is 0 Å². The Morgan fingerprint density at radius 1 is 1.14 bits per heavy atom. The molecule has 0 spiro atoms. The second-order valence-electron chi connectivity index (χ2n) is 8.41. The van der Waals surface area contributed by atoms with Crippen LogP contribution in [0.25, 0.3) is 10.2 Å². The van der Waals surface area contributed by atoms with Gasteiger partial charge in [0, 0.05) is 19.3 Å². The van der Waals surface area contributed by atoms with Crippen LogP contribution in [-0.2, 0) is 29.2 Å². The van der Waals surface area contributed by atoms with Crippen LogP contribution >= 0.6 is 11.3 Å². The zero-order valence-corrected chi connectivity index (χ0v) is 21.5. The Hall–Kier alpha value is -2.41. The summed E-state index contributed by atoms with van der Waals surface area (Å²) in [5.41, 5.74) is 0.571. The number of nitrogens with zero attached hydrogens (tertiary/aromatic N) is 2. The third-order valence-electron chi connectivity index (χ3n) is 5.70. The molecule has 0 aliphatic carbocycles. The Balaban J connectivity index is 1.52. The Morgan fingerprint density at radius 3 is 2.51 bits per heavy atom. The zero-order chi connectivity index (χ0) is 25.2. The number of thiazole rings is 1. The lowest BCUT2D eigenvalue weighted by atomic mass is 10.2. The van der Waals surface area contributed by atoms with Crippen molar-refractivity contribution in [3.8, 4) is 0 Å². The summed E-state index contributed by atoms with van der Waals surface area (Å²) in [7, 11) is -7.05. The molecule has 2 heterocycles. The summed E-state index contributed by atoms with van der Waals surface area (Å²) in [6, 6.07) is 9.22. The van der Waals surface area contributed by atoms with Gasteiger partial charge < -0.3 is 4.74 Å². The first kappa shape index (κ1) is 25.7. The second kappa shape index (κ2) is 10.3. The molecule has 0 bridgehead atoms. The molecule has 0 radical (unpaired) electrons. The van der Waals surface area contributed by atoms with Gasteiger partial charge in [0.25, 0.3) is 0 Å². The minimum absolute atomic E-state index is 0.00964. The molecule has 188 valence electrons. The van der Waals surface area contributed by atoms with Crippen LogP contribution in [0, 0.1) is 5.82 Å². The van der Waals surface area contributed by atoms with E-state index in [4.69, 9.17) is 4.74 Å². The predicted molar refractivity (Wildman–Crippen MR) is 132 cm³/mol. The maximum absolute atomic E-state index is 13.2. The first-order chi connectivity index (χ1) is 16.5. The minimum atomic E-state index is -3.66. The normalized spacial score (nSPS) is 16.6. The van der Waals surface area contributed by atoms with Gasteiger partial charge in [0.2, 0.25) is 5.91 Å². The molecule has 3 aromatic rings. The lowest BCUT2D eigenvalue weighted by Gasteiger charge is -2.23. The van der Waals surface area contributed by atoms with Crippen molar-refractivity contribution in [2.75, 3.05) is 30.1 Å². The Kier molecular flexibility index (Phi) is 7.55. The smallest absolute Gasteiger partial charge is 0.228 e. The molecular formula is C23H25FN2O6S3. The summed E-state index contributed by atoms with van der Waals surface area (Å²) in [5.74, 6) is -1.07. The maximum Gasteiger partial charge on any atom is 0.228 e. The monoisotopic (exact) mass is 540 g/mol. The lowest BCUT2D eigenvalue weighted by Crippen LogP contribution is -2.37. The average Bonchev–Trinajstić information content (AvgIpc) is 3.46. The molecule has 1 aromatic heterocycles. The highest BCUT2D eigenvalue weighted by Crippen LogP contribution is 2.32. The number of aromatic nitrogens is 1. The summed E-state index contributed by atoms with van der Waals surface area (Å²) in [6.45, 7) is 0.891. The Morgan fingerprint density at radius 2 is 1.86 bits per heavy atom. The van der Waals surface area contributed by atoms with Gasteiger partial charge in [-0.3, -0.25) is 9.69 Å².